The number of nitrogens with zero attached hydrogens (tertiary/aromatic N) is 1. The van der Waals surface area contributed by atoms with Crippen molar-refractivity contribution < 1.29 is 9.53 Å². The Bertz CT molecular complexity index is 298. The summed E-state index contributed by atoms with van der Waals surface area (Å²) in [4.78, 5) is 13.2. The first-order chi connectivity index (χ1) is 7.78. The summed E-state index contributed by atoms with van der Waals surface area (Å²) in [7, 11) is 0. The highest BCUT2D eigenvalue weighted by atomic mass is 16.6. The lowest BCUT2D eigenvalue weighted by atomic mass is 10.1. The van der Waals surface area contributed by atoms with Gasteiger partial charge in [-0.15, -0.1) is 0 Å². The average molecular weight is 242 g/mol. The second-order valence-electron chi connectivity index (χ2n) is 5.37. The quantitative estimate of drug-likeness (QED) is 0.491. The van der Waals surface area contributed by atoms with Gasteiger partial charge < -0.3 is 20.7 Å². The average Bonchev–Trinajstić information content (AvgIpc) is 2.60. The number of alkyl carbamates (subject to hydrolysis) is 1. The molecule has 0 bridgehead atoms. The Kier molecular flexibility index (Phi) is 4.20. The molecule has 1 aliphatic heterocycles. The summed E-state index contributed by atoms with van der Waals surface area (Å²) < 4.78 is 5.14. The van der Waals surface area contributed by atoms with Gasteiger partial charge in [0.25, 0.3) is 0 Å². The third-order valence-corrected chi connectivity index (χ3v) is 2.56. The summed E-state index contributed by atoms with van der Waals surface area (Å²) in [6.07, 6.45) is 0.550. The molecule has 1 fully saturated rings. The predicted molar refractivity (Wildman–Crippen MR) is 65.8 cm³/mol. The van der Waals surface area contributed by atoms with E-state index in [0.29, 0.717) is 12.5 Å². The van der Waals surface area contributed by atoms with Gasteiger partial charge in [0.05, 0.1) is 0 Å². The van der Waals surface area contributed by atoms with E-state index >= 15 is 0 Å². The number of carbonyl (C=O) groups is 1. The molecule has 0 aliphatic carbocycles. The van der Waals surface area contributed by atoms with E-state index in [1.54, 1.807) is 4.90 Å². The third kappa shape index (κ3) is 4.93. The number of ether oxygens (including phenoxy) is 1. The first-order valence-corrected chi connectivity index (χ1v) is 5.84. The van der Waals surface area contributed by atoms with Crippen LogP contribution in [0.3, 0.4) is 0 Å². The van der Waals surface area contributed by atoms with Crippen LogP contribution in [0.25, 0.3) is 0 Å². The zero-order valence-corrected chi connectivity index (χ0v) is 10.7. The van der Waals surface area contributed by atoms with Crippen molar-refractivity contribution in [3.8, 4) is 0 Å². The number of carbonyl (C=O) groups excluding carboxylic acids is 1. The molecule has 0 saturated carbocycles. The maximum atomic E-state index is 11.4. The van der Waals surface area contributed by atoms with Gasteiger partial charge in [-0.3, -0.25) is 5.41 Å². The molecule has 98 valence electrons. The molecule has 0 radical (unpaired) electrons. The van der Waals surface area contributed by atoms with Gasteiger partial charge >= 0.3 is 6.09 Å². The third-order valence-electron chi connectivity index (χ3n) is 2.56. The highest BCUT2D eigenvalue weighted by Crippen LogP contribution is 2.14. The lowest BCUT2D eigenvalue weighted by molar-refractivity contribution is 0.0520. The normalized spacial score (nSPS) is 20.2. The van der Waals surface area contributed by atoms with E-state index < -0.39 is 11.7 Å². The summed E-state index contributed by atoms with van der Waals surface area (Å²) in [6.45, 7) is 7.58. The van der Waals surface area contributed by atoms with Gasteiger partial charge in [0.2, 0.25) is 0 Å². The number of hydrogen-bond acceptors (Lipinski definition) is 3. The van der Waals surface area contributed by atoms with Crippen molar-refractivity contribution >= 4 is 12.1 Å². The van der Waals surface area contributed by atoms with Gasteiger partial charge in [-0.2, -0.15) is 0 Å². The molecule has 17 heavy (non-hydrogen) atoms. The summed E-state index contributed by atoms with van der Waals surface area (Å²) in [5.74, 6) is 0.441. The molecule has 1 aliphatic rings. The molecule has 0 aromatic heterocycles. The molecule has 1 heterocycles. The Morgan fingerprint density at radius 1 is 1.59 bits per heavy atom. The molecular formula is C11H22N4O2. The molecule has 1 amide bonds. The van der Waals surface area contributed by atoms with Crippen molar-refractivity contribution in [1.82, 2.24) is 10.2 Å². The second kappa shape index (κ2) is 5.25. The molecule has 6 heteroatoms. The first kappa shape index (κ1) is 13.6. The number of amides is 1. The van der Waals surface area contributed by atoms with Gasteiger partial charge in [0.1, 0.15) is 5.60 Å². The number of guanidine groups is 1. The van der Waals surface area contributed by atoms with Crippen molar-refractivity contribution in [2.75, 3.05) is 19.6 Å². The molecule has 1 atom stereocenters. The van der Waals surface area contributed by atoms with Gasteiger partial charge in [0.15, 0.2) is 5.96 Å². The maximum absolute atomic E-state index is 11.4. The Labute approximate surface area is 102 Å². The Morgan fingerprint density at radius 3 is 2.71 bits per heavy atom. The van der Waals surface area contributed by atoms with E-state index in [2.05, 4.69) is 5.32 Å². The van der Waals surface area contributed by atoms with E-state index in [9.17, 15) is 4.79 Å². The minimum absolute atomic E-state index is 0.102. The van der Waals surface area contributed by atoms with Crippen LogP contribution in [0, 0.1) is 11.3 Å². The largest absolute Gasteiger partial charge is 0.444 e. The fraction of sp³-hybridized carbons (Fsp3) is 0.818. The van der Waals surface area contributed by atoms with Crippen molar-refractivity contribution in [2.45, 2.75) is 32.8 Å². The van der Waals surface area contributed by atoms with Crippen molar-refractivity contribution in [3.05, 3.63) is 0 Å². The number of nitrogens with two attached hydrogens (primary N) is 1. The highest BCUT2D eigenvalue weighted by Gasteiger charge is 2.24. The first-order valence-electron chi connectivity index (χ1n) is 5.84. The van der Waals surface area contributed by atoms with E-state index in [1.165, 1.54) is 0 Å². The topological polar surface area (TPSA) is 91.4 Å². The number of hydrogen-bond donors (Lipinski definition) is 3. The Morgan fingerprint density at radius 2 is 2.24 bits per heavy atom. The fourth-order valence-electron chi connectivity index (χ4n) is 1.76. The van der Waals surface area contributed by atoms with E-state index in [-0.39, 0.29) is 5.96 Å². The highest BCUT2D eigenvalue weighted by molar-refractivity contribution is 5.74. The van der Waals surface area contributed by atoms with E-state index in [1.807, 2.05) is 20.8 Å². The summed E-state index contributed by atoms with van der Waals surface area (Å²) in [5, 5.41) is 10.0. The zero-order chi connectivity index (χ0) is 13.1. The van der Waals surface area contributed by atoms with Crippen molar-refractivity contribution in [2.24, 2.45) is 11.7 Å². The number of nitrogens with one attached hydrogen (secondary N) is 2. The van der Waals surface area contributed by atoms with Gasteiger partial charge in [-0.05, 0) is 33.1 Å². The molecule has 0 spiro atoms. The van der Waals surface area contributed by atoms with Crippen LogP contribution in [0.15, 0.2) is 0 Å². The molecule has 1 unspecified atom stereocenters. The van der Waals surface area contributed by atoms with Crippen LogP contribution in [0.2, 0.25) is 0 Å². The van der Waals surface area contributed by atoms with Crippen molar-refractivity contribution in [1.29, 1.82) is 5.41 Å². The number of likely N-dealkylation sites (tertiary alicyclic amines) is 1. The second-order valence-corrected chi connectivity index (χ2v) is 5.37. The van der Waals surface area contributed by atoms with E-state index in [4.69, 9.17) is 15.9 Å². The lowest BCUT2D eigenvalue weighted by Crippen LogP contribution is -2.37. The Balaban J connectivity index is 2.24. The molecule has 1 rings (SSSR count). The van der Waals surface area contributed by atoms with Gasteiger partial charge in [-0.25, -0.2) is 4.79 Å². The van der Waals surface area contributed by atoms with Crippen LogP contribution in [-0.4, -0.2) is 42.2 Å². The lowest BCUT2D eigenvalue weighted by Gasteiger charge is -2.21. The summed E-state index contributed by atoms with van der Waals surface area (Å²) >= 11 is 0. The Hall–Kier alpha value is -1.46. The smallest absolute Gasteiger partial charge is 0.407 e. The fourth-order valence-corrected chi connectivity index (χ4v) is 1.76. The van der Waals surface area contributed by atoms with Crippen molar-refractivity contribution in [3.63, 3.8) is 0 Å². The monoisotopic (exact) mass is 242 g/mol. The minimum Gasteiger partial charge on any atom is -0.444 e. The standard InChI is InChI=1S/C11H22N4O2/c1-11(2,3)17-10(16)14-6-8-4-5-15(7-8)9(12)13/h8H,4-7H2,1-3H3,(H3,12,13)(H,14,16). The van der Waals surface area contributed by atoms with E-state index in [0.717, 1.165) is 19.5 Å². The van der Waals surface area contributed by atoms with Crippen LogP contribution in [-0.2, 0) is 4.74 Å². The minimum atomic E-state index is -0.467. The summed E-state index contributed by atoms with van der Waals surface area (Å²) in [5.41, 5.74) is 4.93. The predicted octanol–water partition coefficient (Wildman–Crippen LogP) is 0.726. The number of rotatable bonds is 2. The van der Waals surface area contributed by atoms with Gasteiger partial charge in [0, 0.05) is 19.6 Å². The molecule has 0 aromatic carbocycles. The summed E-state index contributed by atoms with van der Waals surface area (Å²) in [6, 6.07) is 0. The molecule has 1 saturated heterocycles. The maximum Gasteiger partial charge on any atom is 0.407 e. The molecule has 6 nitrogen and oxygen atoms in total. The van der Waals surface area contributed by atoms with Crippen LogP contribution in [0.4, 0.5) is 4.79 Å². The van der Waals surface area contributed by atoms with Crippen LogP contribution >= 0.6 is 0 Å². The van der Waals surface area contributed by atoms with Crippen LogP contribution in [0.1, 0.15) is 27.2 Å². The molecule has 4 N–H and O–H groups in total. The van der Waals surface area contributed by atoms with Crippen LogP contribution in [0.5, 0.6) is 0 Å². The van der Waals surface area contributed by atoms with Crippen LogP contribution < -0.4 is 11.1 Å². The zero-order valence-electron chi connectivity index (χ0n) is 10.7. The SMILES string of the molecule is CC(C)(C)OC(=O)NCC1CCN(C(=N)N)C1. The van der Waals surface area contributed by atoms with Gasteiger partial charge in [-0.1, -0.05) is 0 Å². The molecular weight excluding hydrogens is 220 g/mol. The molecule has 0 aromatic rings.